The van der Waals surface area contributed by atoms with Crippen molar-refractivity contribution in [3.8, 4) is 11.3 Å². The van der Waals surface area contributed by atoms with Gasteiger partial charge < -0.3 is 10.6 Å². The number of rotatable bonds is 7. The van der Waals surface area contributed by atoms with Crippen molar-refractivity contribution in [2.45, 2.75) is 24.6 Å². The number of benzene rings is 2. The van der Waals surface area contributed by atoms with Crippen molar-refractivity contribution in [2.75, 3.05) is 23.7 Å². The van der Waals surface area contributed by atoms with Crippen LogP contribution in [-0.2, 0) is 5.75 Å². The van der Waals surface area contributed by atoms with Crippen LogP contribution in [-0.4, -0.2) is 23.8 Å². The molecule has 0 radical (unpaired) electrons. The summed E-state index contributed by atoms with van der Waals surface area (Å²) >= 11 is 3.53. The fraction of sp³-hybridized carbons (Fsp3) is 0.318. The highest BCUT2D eigenvalue weighted by Crippen LogP contribution is 2.29. The van der Waals surface area contributed by atoms with Crippen LogP contribution >= 0.6 is 23.1 Å². The Hall–Kier alpha value is -1.82. The maximum Gasteiger partial charge on any atom is 0.111 e. The topological polar surface area (TPSA) is 42.1 Å². The molecule has 2 aromatic carbocycles. The van der Waals surface area contributed by atoms with Gasteiger partial charge in [-0.25, -0.2) is 4.98 Å². The quantitative estimate of drug-likeness (QED) is 0.586. The first-order valence-corrected chi connectivity index (χ1v) is 11.5. The molecule has 1 aliphatic rings. The van der Waals surface area contributed by atoms with Gasteiger partial charge >= 0.3 is 0 Å². The number of hydrogen-bond acceptors (Lipinski definition) is 5. The van der Waals surface area contributed by atoms with Crippen molar-refractivity contribution in [1.82, 2.24) is 4.98 Å². The number of nitrogens with zero attached hydrogens (tertiary/aromatic N) is 2. The standard InChI is InChI=1S/C22H25N3S2/c23-20(15-26-14-17-6-2-1-3-7-17)22-24-21(16-27-22)18-8-10-19(11-9-18)25-12-4-5-13-25/h1-3,6-11,16,20H,4-5,12-15,23H2. The largest absolute Gasteiger partial charge is 0.372 e. The van der Waals surface area contributed by atoms with E-state index in [2.05, 4.69) is 64.9 Å². The van der Waals surface area contributed by atoms with Gasteiger partial charge in [-0.05, 0) is 30.5 Å². The van der Waals surface area contributed by atoms with Gasteiger partial charge in [0.25, 0.3) is 0 Å². The minimum atomic E-state index is -0.0127. The van der Waals surface area contributed by atoms with Crippen LogP contribution in [0.4, 0.5) is 5.69 Å². The summed E-state index contributed by atoms with van der Waals surface area (Å²) in [5.74, 6) is 1.88. The molecule has 3 nitrogen and oxygen atoms in total. The Kier molecular flexibility index (Phi) is 6.12. The van der Waals surface area contributed by atoms with Gasteiger partial charge in [-0.3, -0.25) is 0 Å². The zero-order chi connectivity index (χ0) is 18.5. The Bertz CT molecular complexity index is 840. The Labute approximate surface area is 169 Å². The van der Waals surface area contributed by atoms with Gasteiger partial charge in [0.2, 0.25) is 0 Å². The molecule has 1 atom stereocenters. The van der Waals surface area contributed by atoms with Crippen LogP contribution in [0.25, 0.3) is 11.3 Å². The molecule has 140 valence electrons. The molecule has 1 aliphatic heterocycles. The van der Waals surface area contributed by atoms with Crippen molar-refractivity contribution in [2.24, 2.45) is 5.73 Å². The molecular weight excluding hydrogens is 370 g/mol. The fourth-order valence-corrected chi connectivity index (χ4v) is 5.25. The number of anilines is 1. The van der Waals surface area contributed by atoms with Gasteiger partial charge in [-0.1, -0.05) is 42.5 Å². The average molecular weight is 396 g/mol. The van der Waals surface area contributed by atoms with Crippen molar-refractivity contribution in [3.63, 3.8) is 0 Å². The van der Waals surface area contributed by atoms with Gasteiger partial charge in [0.1, 0.15) is 5.01 Å². The van der Waals surface area contributed by atoms with E-state index in [4.69, 9.17) is 10.7 Å². The van der Waals surface area contributed by atoms with Gasteiger partial charge in [0, 0.05) is 41.2 Å². The summed E-state index contributed by atoms with van der Waals surface area (Å²) in [7, 11) is 0. The molecule has 1 unspecified atom stereocenters. The summed E-state index contributed by atoms with van der Waals surface area (Å²) in [6, 6.07) is 19.3. The van der Waals surface area contributed by atoms with Crippen LogP contribution in [0.2, 0.25) is 0 Å². The highest BCUT2D eigenvalue weighted by atomic mass is 32.2. The average Bonchev–Trinajstić information content (AvgIpc) is 3.41. The Morgan fingerprint density at radius 2 is 1.78 bits per heavy atom. The second-order valence-electron chi connectivity index (χ2n) is 6.92. The van der Waals surface area contributed by atoms with Crippen LogP contribution < -0.4 is 10.6 Å². The molecule has 27 heavy (non-hydrogen) atoms. The normalized spacial score (nSPS) is 15.2. The number of thioether (sulfide) groups is 1. The lowest BCUT2D eigenvalue weighted by atomic mass is 10.1. The van der Waals surface area contributed by atoms with Gasteiger partial charge in [0.05, 0.1) is 11.7 Å². The number of hydrogen-bond donors (Lipinski definition) is 1. The zero-order valence-corrected chi connectivity index (χ0v) is 17.0. The SMILES string of the molecule is NC(CSCc1ccccc1)c1nc(-c2ccc(N3CCCC3)cc2)cs1. The van der Waals surface area contributed by atoms with E-state index >= 15 is 0 Å². The van der Waals surface area contributed by atoms with Crippen LogP contribution in [0.1, 0.15) is 29.5 Å². The molecule has 3 aromatic rings. The third kappa shape index (κ3) is 4.72. The van der Waals surface area contributed by atoms with Crippen LogP contribution in [0.15, 0.2) is 60.0 Å². The van der Waals surface area contributed by atoms with Crippen LogP contribution in [0, 0.1) is 0 Å². The first-order chi connectivity index (χ1) is 13.3. The molecule has 0 spiro atoms. The zero-order valence-electron chi connectivity index (χ0n) is 15.4. The minimum absolute atomic E-state index is 0.0127. The third-order valence-corrected chi connectivity index (χ3v) is 6.99. The molecule has 1 aromatic heterocycles. The highest BCUT2D eigenvalue weighted by molar-refractivity contribution is 7.98. The molecule has 0 bridgehead atoms. The lowest BCUT2D eigenvalue weighted by Crippen LogP contribution is -2.17. The van der Waals surface area contributed by atoms with Gasteiger partial charge in [-0.2, -0.15) is 11.8 Å². The number of thiazole rings is 1. The molecule has 0 saturated carbocycles. The molecule has 1 fully saturated rings. The fourth-order valence-electron chi connectivity index (χ4n) is 3.36. The predicted octanol–water partition coefficient (Wildman–Crippen LogP) is 5.34. The van der Waals surface area contributed by atoms with Crippen LogP contribution in [0.3, 0.4) is 0 Å². The Balaban J connectivity index is 1.34. The second kappa shape index (κ2) is 8.91. The van der Waals surface area contributed by atoms with Crippen molar-refractivity contribution in [3.05, 3.63) is 70.5 Å². The van der Waals surface area contributed by atoms with Crippen LogP contribution in [0.5, 0.6) is 0 Å². The minimum Gasteiger partial charge on any atom is -0.372 e. The van der Waals surface area contributed by atoms with E-state index < -0.39 is 0 Å². The highest BCUT2D eigenvalue weighted by Gasteiger charge is 2.14. The molecule has 1 saturated heterocycles. The van der Waals surface area contributed by atoms with E-state index in [1.807, 2.05) is 11.8 Å². The summed E-state index contributed by atoms with van der Waals surface area (Å²) in [4.78, 5) is 7.25. The molecule has 5 heteroatoms. The van der Waals surface area contributed by atoms with Gasteiger partial charge in [0.15, 0.2) is 0 Å². The van der Waals surface area contributed by atoms with Crippen molar-refractivity contribution in [1.29, 1.82) is 0 Å². The Morgan fingerprint density at radius 1 is 1.04 bits per heavy atom. The summed E-state index contributed by atoms with van der Waals surface area (Å²) in [5, 5.41) is 3.15. The van der Waals surface area contributed by atoms with E-state index in [1.165, 1.54) is 42.7 Å². The third-order valence-electron chi connectivity index (χ3n) is 4.88. The molecule has 2 N–H and O–H groups in total. The number of nitrogens with two attached hydrogens (primary N) is 1. The second-order valence-corrected chi connectivity index (χ2v) is 8.84. The smallest absolute Gasteiger partial charge is 0.111 e. The van der Waals surface area contributed by atoms with E-state index in [0.717, 1.165) is 22.2 Å². The Morgan fingerprint density at radius 3 is 2.52 bits per heavy atom. The summed E-state index contributed by atoms with van der Waals surface area (Å²) in [6.45, 7) is 2.35. The van der Waals surface area contributed by atoms with Gasteiger partial charge in [-0.15, -0.1) is 11.3 Å². The summed E-state index contributed by atoms with van der Waals surface area (Å²) in [5.41, 5.74) is 11.2. The maximum atomic E-state index is 6.38. The van der Waals surface area contributed by atoms with E-state index in [-0.39, 0.29) is 6.04 Å². The maximum absolute atomic E-state index is 6.38. The van der Waals surface area contributed by atoms with E-state index in [1.54, 1.807) is 11.3 Å². The number of aromatic nitrogens is 1. The molecular formula is C22H25N3S2. The molecule has 0 aliphatic carbocycles. The molecule has 0 amide bonds. The molecule has 2 heterocycles. The van der Waals surface area contributed by atoms with E-state index in [9.17, 15) is 0 Å². The summed E-state index contributed by atoms with van der Waals surface area (Å²) < 4.78 is 0. The first-order valence-electron chi connectivity index (χ1n) is 9.47. The van der Waals surface area contributed by atoms with Crippen molar-refractivity contribution >= 4 is 28.8 Å². The van der Waals surface area contributed by atoms with Crippen molar-refractivity contribution < 1.29 is 0 Å². The predicted molar refractivity (Wildman–Crippen MR) is 119 cm³/mol. The molecule has 4 rings (SSSR count). The van der Waals surface area contributed by atoms with E-state index in [0.29, 0.717) is 0 Å². The lowest BCUT2D eigenvalue weighted by molar-refractivity contribution is 0.820. The lowest BCUT2D eigenvalue weighted by Gasteiger charge is -2.17. The first kappa shape index (κ1) is 18.5. The monoisotopic (exact) mass is 395 g/mol. The summed E-state index contributed by atoms with van der Waals surface area (Å²) in [6.07, 6.45) is 2.61.